The van der Waals surface area contributed by atoms with E-state index < -0.39 is 0 Å². The molecule has 6 heteroatoms. The SMILES string of the molecule is CCNC(=NCc1cccc(CN(C)C)c1)NC(C)Cc1ccc(C)s1.I. The number of nitrogens with zero attached hydrogens (tertiary/aromatic N) is 2. The van der Waals surface area contributed by atoms with Gasteiger partial charge >= 0.3 is 0 Å². The number of aliphatic imine (C=N–C) groups is 1. The van der Waals surface area contributed by atoms with E-state index in [0.29, 0.717) is 12.6 Å². The van der Waals surface area contributed by atoms with E-state index in [2.05, 4.69) is 86.8 Å². The fourth-order valence-corrected chi connectivity index (χ4v) is 3.88. The number of hydrogen-bond donors (Lipinski definition) is 2. The Labute approximate surface area is 185 Å². The maximum absolute atomic E-state index is 4.78. The minimum atomic E-state index is 0. The van der Waals surface area contributed by atoms with Gasteiger partial charge < -0.3 is 15.5 Å². The summed E-state index contributed by atoms with van der Waals surface area (Å²) in [6.07, 6.45) is 1.02. The summed E-state index contributed by atoms with van der Waals surface area (Å²) in [6, 6.07) is 13.4. The van der Waals surface area contributed by atoms with E-state index in [9.17, 15) is 0 Å². The number of guanidine groups is 1. The first-order valence-corrected chi connectivity index (χ1v) is 10.1. The fourth-order valence-electron chi connectivity index (χ4n) is 2.86. The number of benzene rings is 1. The molecule has 2 rings (SSSR count). The van der Waals surface area contributed by atoms with Gasteiger partial charge in [-0.2, -0.15) is 0 Å². The van der Waals surface area contributed by atoms with Crippen LogP contribution in [0.5, 0.6) is 0 Å². The zero-order valence-corrected chi connectivity index (χ0v) is 20.2. The molecule has 4 nitrogen and oxygen atoms in total. The molecule has 0 fully saturated rings. The van der Waals surface area contributed by atoms with Crippen molar-refractivity contribution in [2.75, 3.05) is 20.6 Å². The monoisotopic (exact) mass is 500 g/mol. The summed E-state index contributed by atoms with van der Waals surface area (Å²) in [7, 11) is 4.18. The van der Waals surface area contributed by atoms with Crippen molar-refractivity contribution in [2.45, 2.75) is 46.3 Å². The average Bonchev–Trinajstić information content (AvgIpc) is 2.97. The Balaban J connectivity index is 0.00000364. The Bertz CT molecular complexity index is 712. The molecule has 2 aromatic rings. The van der Waals surface area contributed by atoms with Gasteiger partial charge in [0.1, 0.15) is 0 Å². The van der Waals surface area contributed by atoms with Crippen LogP contribution in [-0.2, 0) is 19.5 Å². The fraction of sp³-hybridized carbons (Fsp3) is 0.476. The summed E-state index contributed by atoms with van der Waals surface area (Å²) in [6.45, 7) is 8.95. The molecule has 27 heavy (non-hydrogen) atoms. The smallest absolute Gasteiger partial charge is 0.191 e. The van der Waals surface area contributed by atoms with Crippen LogP contribution in [0.25, 0.3) is 0 Å². The van der Waals surface area contributed by atoms with Crippen molar-refractivity contribution in [3.8, 4) is 0 Å². The van der Waals surface area contributed by atoms with Crippen molar-refractivity contribution in [3.63, 3.8) is 0 Å². The van der Waals surface area contributed by atoms with Crippen molar-refractivity contribution >= 4 is 41.3 Å². The van der Waals surface area contributed by atoms with Gasteiger partial charge in [-0.05, 0) is 58.1 Å². The van der Waals surface area contributed by atoms with E-state index >= 15 is 0 Å². The lowest BCUT2D eigenvalue weighted by molar-refractivity contribution is 0.402. The Kier molecular flexibility index (Phi) is 10.9. The highest BCUT2D eigenvalue weighted by Gasteiger charge is 2.08. The highest BCUT2D eigenvalue weighted by molar-refractivity contribution is 14.0. The van der Waals surface area contributed by atoms with E-state index in [0.717, 1.165) is 25.5 Å². The summed E-state index contributed by atoms with van der Waals surface area (Å²) in [5.74, 6) is 0.881. The second-order valence-electron chi connectivity index (χ2n) is 7.01. The van der Waals surface area contributed by atoms with Gasteiger partial charge in [-0.3, -0.25) is 0 Å². The van der Waals surface area contributed by atoms with Gasteiger partial charge in [0.05, 0.1) is 6.54 Å². The largest absolute Gasteiger partial charge is 0.357 e. The Morgan fingerprint density at radius 1 is 1.19 bits per heavy atom. The van der Waals surface area contributed by atoms with Crippen molar-refractivity contribution < 1.29 is 0 Å². The van der Waals surface area contributed by atoms with Crippen LogP contribution >= 0.6 is 35.3 Å². The number of nitrogens with one attached hydrogen (secondary N) is 2. The lowest BCUT2D eigenvalue weighted by Gasteiger charge is -2.17. The van der Waals surface area contributed by atoms with E-state index in [-0.39, 0.29) is 24.0 Å². The number of aryl methyl sites for hydroxylation is 1. The van der Waals surface area contributed by atoms with E-state index in [4.69, 9.17) is 4.99 Å². The summed E-state index contributed by atoms with van der Waals surface area (Å²) < 4.78 is 0. The number of rotatable bonds is 8. The first-order valence-electron chi connectivity index (χ1n) is 9.29. The Morgan fingerprint density at radius 2 is 1.93 bits per heavy atom. The predicted octanol–water partition coefficient (Wildman–Crippen LogP) is 4.42. The summed E-state index contributed by atoms with van der Waals surface area (Å²) in [4.78, 5) is 9.74. The van der Waals surface area contributed by atoms with Gasteiger partial charge in [0, 0.05) is 35.3 Å². The third-order valence-corrected chi connectivity index (χ3v) is 4.96. The van der Waals surface area contributed by atoms with Crippen LogP contribution in [-0.4, -0.2) is 37.5 Å². The molecule has 0 bridgehead atoms. The van der Waals surface area contributed by atoms with Gasteiger partial charge in [0.15, 0.2) is 5.96 Å². The Hall–Kier alpha value is -1.12. The van der Waals surface area contributed by atoms with Crippen molar-refractivity contribution in [2.24, 2.45) is 4.99 Å². The van der Waals surface area contributed by atoms with Crippen LogP contribution in [0.1, 0.15) is 34.7 Å². The molecule has 0 aliphatic heterocycles. The molecule has 2 N–H and O–H groups in total. The quantitative estimate of drug-likeness (QED) is 0.320. The molecule has 1 unspecified atom stereocenters. The van der Waals surface area contributed by atoms with Crippen LogP contribution in [0, 0.1) is 6.92 Å². The molecule has 0 aliphatic carbocycles. The molecule has 0 saturated heterocycles. The van der Waals surface area contributed by atoms with Crippen molar-refractivity contribution in [1.29, 1.82) is 0 Å². The number of hydrogen-bond acceptors (Lipinski definition) is 3. The molecule has 0 radical (unpaired) electrons. The maximum Gasteiger partial charge on any atom is 0.191 e. The highest BCUT2D eigenvalue weighted by atomic mass is 127. The van der Waals surface area contributed by atoms with Crippen molar-refractivity contribution in [1.82, 2.24) is 15.5 Å². The van der Waals surface area contributed by atoms with Crippen molar-refractivity contribution in [3.05, 3.63) is 57.3 Å². The lowest BCUT2D eigenvalue weighted by Crippen LogP contribution is -2.43. The van der Waals surface area contributed by atoms with Crippen LogP contribution in [0.2, 0.25) is 0 Å². The highest BCUT2D eigenvalue weighted by Crippen LogP contribution is 2.16. The van der Waals surface area contributed by atoms with Crippen LogP contribution in [0.4, 0.5) is 0 Å². The van der Waals surface area contributed by atoms with E-state index in [1.165, 1.54) is 20.9 Å². The van der Waals surface area contributed by atoms with Gasteiger partial charge in [0.2, 0.25) is 0 Å². The van der Waals surface area contributed by atoms with Gasteiger partial charge in [-0.15, -0.1) is 35.3 Å². The van der Waals surface area contributed by atoms with Crippen LogP contribution in [0.15, 0.2) is 41.4 Å². The van der Waals surface area contributed by atoms with Crippen LogP contribution in [0.3, 0.4) is 0 Å². The van der Waals surface area contributed by atoms with Crippen LogP contribution < -0.4 is 10.6 Å². The normalized spacial score (nSPS) is 12.6. The molecule has 1 aromatic carbocycles. The third-order valence-electron chi connectivity index (χ3n) is 3.94. The molecular weight excluding hydrogens is 467 g/mol. The molecular formula is C21H33IN4S. The molecule has 1 atom stereocenters. The maximum atomic E-state index is 4.78. The zero-order valence-electron chi connectivity index (χ0n) is 17.1. The average molecular weight is 500 g/mol. The molecule has 0 amide bonds. The predicted molar refractivity (Wildman–Crippen MR) is 129 cm³/mol. The minimum Gasteiger partial charge on any atom is -0.357 e. The minimum absolute atomic E-state index is 0. The zero-order chi connectivity index (χ0) is 18.9. The molecule has 1 heterocycles. The standard InChI is InChI=1S/C21H32N4S.HI/c1-6-22-21(24-16(2)12-20-11-10-17(3)26-20)23-14-18-8-7-9-19(13-18)15-25(4)5;/h7-11,13,16H,6,12,14-15H2,1-5H3,(H2,22,23,24);1H. The number of thiophene rings is 1. The van der Waals surface area contributed by atoms with Gasteiger partial charge in [0.25, 0.3) is 0 Å². The molecule has 1 aromatic heterocycles. The lowest BCUT2D eigenvalue weighted by atomic mass is 10.1. The summed E-state index contributed by atoms with van der Waals surface area (Å²) >= 11 is 1.87. The van der Waals surface area contributed by atoms with E-state index in [1.807, 2.05) is 11.3 Å². The number of halogens is 1. The first-order chi connectivity index (χ1) is 12.5. The molecule has 0 saturated carbocycles. The summed E-state index contributed by atoms with van der Waals surface area (Å²) in [5.41, 5.74) is 2.56. The second-order valence-corrected chi connectivity index (χ2v) is 8.39. The topological polar surface area (TPSA) is 39.7 Å². The first kappa shape index (κ1) is 23.9. The van der Waals surface area contributed by atoms with Gasteiger partial charge in [-0.25, -0.2) is 4.99 Å². The molecule has 0 spiro atoms. The second kappa shape index (κ2) is 12.4. The molecule has 0 aliphatic rings. The summed E-state index contributed by atoms with van der Waals surface area (Å²) in [5, 5.41) is 6.89. The molecule has 150 valence electrons. The Morgan fingerprint density at radius 3 is 2.56 bits per heavy atom. The van der Waals surface area contributed by atoms with E-state index in [1.54, 1.807) is 0 Å². The van der Waals surface area contributed by atoms with Gasteiger partial charge in [-0.1, -0.05) is 24.3 Å². The third kappa shape index (κ3) is 9.08.